The van der Waals surface area contributed by atoms with E-state index in [1.54, 1.807) is 6.20 Å². The first-order chi connectivity index (χ1) is 4.74. The zero-order valence-corrected chi connectivity index (χ0v) is 6.51. The minimum Gasteiger partial charge on any atom is -0.425 e. The van der Waals surface area contributed by atoms with Crippen LogP contribution >= 0.6 is 0 Å². The highest BCUT2D eigenvalue weighted by Gasteiger charge is 2.05. The van der Waals surface area contributed by atoms with Crippen LogP contribution in [0.2, 0.25) is 0 Å². The van der Waals surface area contributed by atoms with Crippen LogP contribution in [0.25, 0.3) is 0 Å². The average Bonchev–Trinajstić information content (AvgIpc) is 2.34. The summed E-state index contributed by atoms with van der Waals surface area (Å²) in [7, 11) is 1.81. The molecule has 0 aliphatic heterocycles. The molecule has 3 nitrogen and oxygen atoms in total. The van der Waals surface area contributed by atoms with Gasteiger partial charge in [0, 0.05) is 13.0 Å². The van der Waals surface area contributed by atoms with Gasteiger partial charge in [-0.3, -0.25) is 0 Å². The maximum atomic E-state index is 5.27. The summed E-state index contributed by atoms with van der Waals surface area (Å²) < 4.78 is 5.27. The van der Waals surface area contributed by atoms with Crippen LogP contribution in [0.15, 0.2) is 10.6 Å². The first kappa shape index (κ1) is 7.12. The summed E-state index contributed by atoms with van der Waals surface area (Å²) >= 11 is 0. The van der Waals surface area contributed by atoms with Crippen molar-refractivity contribution in [2.24, 2.45) is 0 Å². The molecule has 0 amide bonds. The van der Waals surface area contributed by atoms with Gasteiger partial charge in [-0.15, -0.1) is 0 Å². The molecule has 1 rings (SSSR count). The van der Waals surface area contributed by atoms with Crippen LogP contribution in [0.1, 0.15) is 25.7 Å². The number of oxazole rings is 1. The van der Waals surface area contributed by atoms with Gasteiger partial charge in [0.15, 0.2) is 5.89 Å². The van der Waals surface area contributed by atoms with Crippen molar-refractivity contribution in [2.75, 3.05) is 12.4 Å². The third-order valence-electron chi connectivity index (χ3n) is 1.26. The van der Waals surface area contributed by atoms with E-state index in [-0.39, 0.29) is 0 Å². The minimum absolute atomic E-state index is 0.363. The lowest BCUT2D eigenvalue weighted by Gasteiger charge is -1.95. The summed E-state index contributed by atoms with van der Waals surface area (Å²) in [5.41, 5.74) is 0. The number of aromatic nitrogens is 1. The Kier molecular flexibility index (Phi) is 1.94. The third kappa shape index (κ3) is 1.29. The normalized spacial score (nSPS) is 10.4. The Hall–Kier alpha value is -0.990. The maximum Gasteiger partial charge on any atom is 0.213 e. The molecule has 0 fully saturated rings. The van der Waals surface area contributed by atoms with Crippen molar-refractivity contribution in [2.45, 2.75) is 19.8 Å². The number of anilines is 1. The van der Waals surface area contributed by atoms with Crippen LogP contribution in [0.5, 0.6) is 0 Å². The quantitative estimate of drug-likeness (QED) is 0.681. The maximum absolute atomic E-state index is 5.27. The average molecular weight is 140 g/mol. The summed E-state index contributed by atoms with van der Waals surface area (Å²) in [4.78, 5) is 4.06. The van der Waals surface area contributed by atoms with Crippen molar-refractivity contribution in [3.05, 3.63) is 12.1 Å². The summed E-state index contributed by atoms with van der Waals surface area (Å²) in [5, 5.41) is 2.87. The number of rotatable bonds is 2. The molecule has 1 aromatic heterocycles. The van der Waals surface area contributed by atoms with Crippen molar-refractivity contribution in [3.8, 4) is 0 Å². The summed E-state index contributed by atoms with van der Waals surface area (Å²) in [6.45, 7) is 4.09. The summed E-state index contributed by atoms with van der Waals surface area (Å²) in [5.74, 6) is 1.87. The van der Waals surface area contributed by atoms with E-state index in [1.807, 2.05) is 20.9 Å². The van der Waals surface area contributed by atoms with Crippen LogP contribution in [0.4, 0.5) is 5.88 Å². The van der Waals surface area contributed by atoms with Crippen LogP contribution in [-0.2, 0) is 0 Å². The number of nitrogens with zero attached hydrogens (tertiary/aromatic N) is 1. The van der Waals surface area contributed by atoms with E-state index in [9.17, 15) is 0 Å². The number of hydrogen-bond donors (Lipinski definition) is 1. The van der Waals surface area contributed by atoms with E-state index in [0.29, 0.717) is 5.92 Å². The highest BCUT2D eigenvalue weighted by Crippen LogP contribution is 2.16. The molecule has 0 aliphatic rings. The zero-order valence-electron chi connectivity index (χ0n) is 6.51. The van der Waals surface area contributed by atoms with Crippen molar-refractivity contribution in [1.82, 2.24) is 4.98 Å². The lowest BCUT2D eigenvalue weighted by molar-refractivity contribution is 0.482. The summed E-state index contributed by atoms with van der Waals surface area (Å²) in [6, 6.07) is 0. The van der Waals surface area contributed by atoms with E-state index >= 15 is 0 Å². The van der Waals surface area contributed by atoms with E-state index in [1.165, 1.54) is 0 Å². The Labute approximate surface area is 60.5 Å². The van der Waals surface area contributed by atoms with Gasteiger partial charge < -0.3 is 9.73 Å². The molecule has 0 saturated heterocycles. The van der Waals surface area contributed by atoms with Gasteiger partial charge in [-0.05, 0) is 0 Å². The molecular formula is C7H12N2O. The Morgan fingerprint density at radius 3 is 2.60 bits per heavy atom. The van der Waals surface area contributed by atoms with Crippen LogP contribution in [-0.4, -0.2) is 12.0 Å². The van der Waals surface area contributed by atoms with Gasteiger partial charge >= 0.3 is 0 Å². The van der Waals surface area contributed by atoms with Gasteiger partial charge in [-0.25, -0.2) is 4.98 Å². The zero-order chi connectivity index (χ0) is 7.56. The second kappa shape index (κ2) is 2.73. The molecule has 1 N–H and O–H groups in total. The fourth-order valence-corrected chi connectivity index (χ4v) is 0.670. The first-order valence-electron chi connectivity index (χ1n) is 3.37. The largest absolute Gasteiger partial charge is 0.425 e. The summed E-state index contributed by atoms with van der Waals surface area (Å²) in [6.07, 6.45) is 1.69. The van der Waals surface area contributed by atoms with Gasteiger partial charge in [0.2, 0.25) is 5.88 Å². The Morgan fingerprint density at radius 2 is 2.30 bits per heavy atom. The Bertz CT molecular complexity index is 205. The minimum atomic E-state index is 0.363. The van der Waals surface area contributed by atoms with E-state index < -0.39 is 0 Å². The lowest BCUT2D eigenvalue weighted by Crippen LogP contribution is -1.85. The molecule has 0 spiro atoms. The Balaban J connectivity index is 2.78. The fraction of sp³-hybridized carbons (Fsp3) is 0.571. The molecule has 56 valence electrons. The van der Waals surface area contributed by atoms with Crippen molar-refractivity contribution < 1.29 is 4.42 Å². The predicted molar refractivity (Wildman–Crippen MR) is 40.1 cm³/mol. The molecule has 3 heteroatoms. The second-order valence-electron chi connectivity index (χ2n) is 2.47. The van der Waals surface area contributed by atoms with Crippen LogP contribution in [0.3, 0.4) is 0 Å². The predicted octanol–water partition coefficient (Wildman–Crippen LogP) is 1.84. The van der Waals surface area contributed by atoms with Crippen LogP contribution in [0, 0.1) is 0 Å². The smallest absolute Gasteiger partial charge is 0.213 e. The number of hydrogen-bond acceptors (Lipinski definition) is 3. The van der Waals surface area contributed by atoms with Gasteiger partial charge in [0.05, 0.1) is 6.20 Å². The SMILES string of the molecule is CNc1cnc(C(C)C)o1. The van der Waals surface area contributed by atoms with Crippen molar-refractivity contribution in [3.63, 3.8) is 0 Å². The highest BCUT2D eigenvalue weighted by atomic mass is 16.4. The number of nitrogens with one attached hydrogen (secondary N) is 1. The van der Waals surface area contributed by atoms with E-state index in [4.69, 9.17) is 4.42 Å². The van der Waals surface area contributed by atoms with Crippen molar-refractivity contribution in [1.29, 1.82) is 0 Å². The molecular weight excluding hydrogens is 128 g/mol. The topological polar surface area (TPSA) is 38.1 Å². The molecule has 0 atom stereocenters. The van der Waals surface area contributed by atoms with Gasteiger partial charge in [0.25, 0.3) is 0 Å². The van der Waals surface area contributed by atoms with Gasteiger partial charge in [-0.1, -0.05) is 13.8 Å². The molecule has 0 radical (unpaired) electrons. The molecule has 1 heterocycles. The van der Waals surface area contributed by atoms with E-state index in [2.05, 4.69) is 10.3 Å². The van der Waals surface area contributed by atoms with Gasteiger partial charge in [-0.2, -0.15) is 0 Å². The van der Waals surface area contributed by atoms with Crippen LogP contribution < -0.4 is 5.32 Å². The first-order valence-corrected chi connectivity index (χ1v) is 3.37. The molecule has 0 bridgehead atoms. The molecule has 0 unspecified atom stereocenters. The molecule has 10 heavy (non-hydrogen) atoms. The van der Waals surface area contributed by atoms with Gasteiger partial charge in [0.1, 0.15) is 0 Å². The molecule has 1 aromatic rings. The Morgan fingerprint density at radius 1 is 1.60 bits per heavy atom. The van der Waals surface area contributed by atoms with Crippen molar-refractivity contribution >= 4 is 5.88 Å². The third-order valence-corrected chi connectivity index (χ3v) is 1.26. The molecule has 0 aliphatic carbocycles. The monoisotopic (exact) mass is 140 g/mol. The lowest BCUT2D eigenvalue weighted by atomic mass is 10.2. The highest BCUT2D eigenvalue weighted by molar-refractivity contribution is 5.25. The van der Waals surface area contributed by atoms with E-state index in [0.717, 1.165) is 11.8 Å². The second-order valence-corrected chi connectivity index (χ2v) is 2.47. The molecule has 0 saturated carbocycles. The molecule has 0 aromatic carbocycles. The standard InChI is InChI=1S/C7H12N2O/c1-5(2)7-9-4-6(8-3)10-7/h4-5,8H,1-3H3. The fourth-order valence-electron chi connectivity index (χ4n) is 0.670.